The molecule has 1 saturated heterocycles. The third-order valence-electron chi connectivity index (χ3n) is 2.60. The predicted molar refractivity (Wildman–Crippen MR) is 63.0 cm³/mol. The summed E-state index contributed by atoms with van der Waals surface area (Å²) in [4.78, 5) is 1.16. The van der Waals surface area contributed by atoms with Crippen LogP contribution in [0.5, 0.6) is 0 Å². The van der Waals surface area contributed by atoms with Crippen molar-refractivity contribution in [2.24, 2.45) is 5.92 Å². The highest BCUT2D eigenvalue weighted by Crippen LogP contribution is 2.13. The van der Waals surface area contributed by atoms with Crippen molar-refractivity contribution >= 4 is 21.2 Å². The lowest BCUT2D eigenvalue weighted by molar-refractivity contribution is 0.378. The Hall–Kier alpha value is -0.390. The summed E-state index contributed by atoms with van der Waals surface area (Å²) in [5, 5.41) is 5.08. The lowest BCUT2D eigenvalue weighted by Crippen LogP contribution is -2.45. The molecule has 0 aliphatic carbocycles. The molecule has 84 valence electrons. The Morgan fingerprint density at radius 3 is 2.80 bits per heavy atom. The van der Waals surface area contributed by atoms with Gasteiger partial charge < -0.3 is 5.32 Å². The van der Waals surface area contributed by atoms with Crippen LogP contribution >= 0.6 is 11.3 Å². The molecule has 15 heavy (non-hydrogen) atoms. The molecule has 0 radical (unpaired) electrons. The highest BCUT2D eigenvalue weighted by molar-refractivity contribution is 7.91. The van der Waals surface area contributed by atoms with Gasteiger partial charge in [-0.05, 0) is 23.8 Å². The predicted octanol–water partition coefficient (Wildman–Crippen LogP) is 0.925. The topological polar surface area (TPSA) is 46.2 Å². The van der Waals surface area contributed by atoms with E-state index in [9.17, 15) is 8.42 Å². The summed E-state index contributed by atoms with van der Waals surface area (Å²) >= 11 is 1.63. The van der Waals surface area contributed by atoms with Crippen LogP contribution in [-0.4, -0.2) is 33.0 Å². The minimum Gasteiger partial charge on any atom is -0.316 e. The molecule has 5 heteroatoms. The fourth-order valence-electron chi connectivity index (χ4n) is 1.62. The molecule has 0 saturated carbocycles. The van der Waals surface area contributed by atoms with Gasteiger partial charge in [0.15, 0.2) is 9.84 Å². The first-order chi connectivity index (χ1) is 7.16. The van der Waals surface area contributed by atoms with Crippen LogP contribution in [0.25, 0.3) is 0 Å². The van der Waals surface area contributed by atoms with E-state index in [2.05, 4.69) is 5.32 Å². The average Bonchev–Trinajstić information content (AvgIpc) is 2.61. The van der Waals surface area contributed by atoms with E-state index >= 15 is 0 Å². The van der Waals surface area contributed by atoms with Crippen LogP contribution in [0.2, 0.25) is 0 Å². The summed E-state index contributed by atoms with van der Waals surface area (Å²) in [5.74, 6) is 0.994. The van der Waals surface area contributed by atoms with Crippen LogP contribution in [0.4, 0.5) is 0 Å². The fourth-order valence-corrected chi connectivity index (χ4v) is 4.11. The molecule has 0 aromatic carbocycles. The summed E-state index contributed by atoms with van der Waals surface area (Å²) in [6.07, 6.45) is 0.667. The molecule has 1 N–H and O–H groups in total. The molecular weight excluding hydrogens is 230 g/mol. The van der Waals surface area contributed by atoms with Crippen LogP contribution in [-0.2, 0) is 16.3 Å². The first-order valence-corrected chi connectivity index (χ1v) is 7.79. The number of sulfone groups is 1. The van der Waals surface area contributed by atoms with Gasteiger partial charge in [0.2, 0.25) is 0 Å². The van der Waals surface area contributed by atoms with E-state index in [1.54, 1.807) is 11.3 Å². The highest BCUT2D eigenvalue weighted by atomic mass is 32.2. The molecule has 3 nitrogen and oxygen atoms in total. The number of hydrogen-bond donors (Lipinski definition) is 1. The van der Waals surface area contributed by atoms with E-state index in [4.69, 9.17) is 0 Å². The number of aryl methyl sites for hydroxylation is 1. The van der Waals surface area contributed by atoms with Gasteiger partial charge in [0, 0.05) is 18.0 Å². The maximum atomic E-state index is 11.7. The van der Waals surface area contributed by atoms with Gasteiger partial charge in [-0.25, -0.2) is 8.42 Å². The Balaban J connectivity index is 1.82. The molecule has 2 heterocycles. The summed E-state index contributed by atoms with van der Waals surface area (Å²) in [7, 11) is -2.85. The Morgan fingerprint density at radius 1 is 1.47 bits per heavy atom. The molecule has 0 amide bonds. The zero-order valence-corrected chi connectivity index (χ0v) is 10.1. The zero-order chi connectivity index (χ0) is 10.7. The van der Waals surface area contributed by atoms with E-state index in [1.165, 1.54) is 0 Å². The second-order valence-electron chi connectivity index (χ2n) is 3.97. The Kier molecular flexibility index (Phi) is 3.43. The molecular formula is C10H15NO2S2. The number of thiophene rings is 1. The van der Waals surface area contributed by atoms with Crippen molar-refractivity contribution in [2.45, 2.75) is 6.42 Å². The second-order valence-corrected chi connectivity index (χ2v) is 7.23. The van der Waals surface area contributed by atoms with Crippen molar-refractivity contribution in [3.05, 3.63) is 22.4 Å². The third-order valence-corrected chi connectivity index (χ3v) is 5.34. The van der Waals surface area contributed by atoms with Gasteiger partial charge in [-0.15, -0.1) is 11.3 Å². The van der Waals surface area contributed by atoms with Gasteiger partial charge in [-0.2, -0.15) is 0 Å². The second kappa shape index (κ2) is 4.63. The van der Waals surface area contributed by atoms with E-state index in [0.717, 1.165) is 18.0 Å². The number of hydrogen-bond acceptors (Lipinski definition) is 4. The first kappa shape index (κ1) is 11.1. The summed E-state index contributed by atoms with van der Waals surface area (Å²) < 4.78 is 23.4. The van der Waals surface area contributed by atoms with Crippen molar-refractivity contribution < 1.29 is 8.42 Å². The van der Waals surface area contributed by atoms with Crippen LogP contribution in [0, 0.1) is 5.92 Å². The molecule has 1 fully saturated rings. The Morgan fingerprint density at radius 2 is 2.27 bits per heavy atom. The lowest BCUT2D eigenvalue weighted by atomic mass is 10.1. The maximum Gasteiger partial charge on any atom is 0.151 e. The molecule has 1 aliphatic heterocycles. The smallest absolute Gasteiger partial charge is 0.151 e. The monoisotopic (exact) mass is 245 g/mol. The van der Waals surface area contributed by atoms with Crippen molar-refractivity contribution in [2.75, 3.05) is 24.6 Å². The number of nitrogens with one attached hydrogen (secondary N) is 1. The van der Waals surface area contributed by atoms with Gasteiger partial charge in [-0.3, -0.25) is 0 Å². The molecule has 0 unspecified atom stereocenters. The first-order valence-electron chi connectivity index (χ1n) is 5.09. The average molecular weight is 245 g/mol. The van der Waals surface area contributed by atoms with Crippen molar-refractivity contribution in [3.63, 3.8) is 0 Å². The van der Waals surface area contributed by atoms with E-state index < -0.39 is 9.84 Å². The Bertz CT molecular complexity index is 393. The van der Waals surface area contributed by atoms with Crippen LogP contribution in [0.15, 0.2) is 17.5 Å². The summed E-state index contributed by atoms with van der Waals surface area (Å²) in [5.41, 5.74) is 0. The van der Waals surface area contributed by atoms with Crippen LogP contribution in [0.3, 0.4) is 0 Å². The molecule has 0 spiro atoms. The van der Waals surface area contributed by atoms with E-state index in [-0.39, 0.29) is 0 Å². The third kappa shape index (κ3) is 3.29. The maximum absolute atomic E-state index is 11.7. The highest BCUT2D eigenvalue weighted by Gasteiger charge is 2.23. The van der Waals surface area contributed by atoms with Crippen molar-refractivity contribution in [3.8, 4) is 0 Å². The van der Waals surface area contributed by atoms with Gasteiger partial charge in [-0.1, -0.05) is 6.07 Å². The normalized spacial score (nSPS) is 17.6. The zero-order valence-electron chi connectivity index (χ0n) is 8.48. The minimum absolute atomic E-state index is 0.296. The van der Waals surface area contributed by atoms with Crippen molar-refractivity contribution in [1.82, 2.24) is 5.32 Å². The largest absolute Gasteiger partial charge is 0.316 e. The molecule has 0 atom stereocenters. The van der Waals surface area contributed by atoms with Gasteiger partial charge in [0.05, 0.1) is 11.5 Å². The van der Waals surface area contributed by atoms with Crippen molar-refractivity contribution in [1.29, 1.82) is 0 Å². The fraction of sp³-hybridized carbons (Fsp3) is 0.600. The summed E-state index contributed by atoms with van der Waals surface area (Å²) in [6, 6.07) is 3.95. The Labute approximate surface area is 94.4 Å². The van der Waals surface area contributed by atoms with Gasteiger partial charge in [0.1, 0.15) is 0 Å². The van der Waals surface area contributed by atoms with Gasteiger partial charge in [0.25, 0.3) is 0 Å². The van der Waals surface area contributed by atoms with Crippen LogP contribution in [0.1, 0.15) is 4.88 Å². The standard InChI is InChI=1S/C10H15NO2S2/c12-15(13,8-9-6-11-7-9)5-3-10-2-1-4-14-10/h1-2,4,9,11H,3,5-8H2. The van der Waals surface area contributed by atoms with Crippen LogP contribution < -0.4 is 5.32 Å². The molecule has 0 bridgehead atoms. The van der Waals surface area contributed by atoms with Gasteiger partial charge >= 0.3 is 0 Å². The van der Waals surface area contributed by atoms with E-state index in [1.807, 2.05) is 17.5 Å². The SMILES string of the molecule is O=S(=O)(CCc1cccs1)CC1CNC1. The van der Waals surface area contributed by atoms with E-state index in [0.29, 0.717) is 23.8 Å². The minimum atomic E-state index is -2.85. The molecule has 1 aliphatic rings. The quantitative estimate of drug-likeness (QED) is 0.839. The number of rotatable bonds is 5. The lowest BCUT2D eigenvalue weighted by Gasteiger charge is -2.26. The molecule has 1 aromatic rings. The summed E-state index contributed by atoms with van der Waals surface area (Å²) in [6.45, 7) is 1.72. The molecule has 2 rings (SSSR count). The molecule has 1 aromatic heterocycles.